The number of carbonyl (C=O) groups excluding carboxylic acids is 2. The molecule has 0 bridgehead atoms. The van der Waals surface area contributed by atoms with Crippen LogP contribution in [0.1, 0.15) is 0 Å². The Morgan fingerprint density at radius 2 is 1.79 bits per heavy atom. The van der Waals surface area contributed by atoms with E-state index in [4.69, 9.17) is 5.73 Å². The van der Waals surface area contributed by atoms with Crippen molar-refractivity contribution in [2.45, 2.75) is 0 Å². The summed E-state index contributed by atoms with van der Waals surface area (Å²) in [6.07, 6.45) is 1.11. The molecule has 1 heterocycles. The quantitative estimate of drug-likeness (QED) is 0.440. The number of nitrogens with one attached hydrogen (secondary N) is 1. The van der Waals surface area contributed by atoms with Gasteiger partial charge in [-0.15, -0.1) is 0 Å². The first-order valence-corrected chi connectivity index (χ1v) is 7.78. The highest BCUT2D eigenvalue weighted by atomic mass is 32.2. The molecule has 108 valence electrons. The average Bonchev–Trinajstić information content (AvgIpc) is 2.34. The molecular weight excluding hydrogens is 292 g/mol. The van der Waals surface area contributed by atoms with E-state index in [0.717, 1.165) is 6.26 Å². The van der Waals surface area contributed by atoms with Gasteiger partial charge in [-0.2, -0.15) is 4.31 Å². The van der Waals surface area contributed by atoms with Gasteiger partial charge in [-0.05, 0) is 0 Å². The summed E-state index contributed by atoms with van der Waals surface area (Å²) >= 11 is 4.58. The zero-order valence-electron chi connectivity index (χ0n) is 10.5. The van der Waals surface area contributed by atoms with Crippen LogP contribution in [0.2, 0.25) is 0 Å². The van der Waals surface area contributed by atoms with Gasteiger partial charge < -0.3 is 16.0 Å². The number of nitrogens with zero attached hydrogens (tertiary/aromatic N) is 2. The lowest BCUT2D eigenvalue weighted by molar-refractivity contribution is -0.146. The number of piperazine rings is 1. The minimum absolute atomic E-state index is 0.0385. The zero-order chi connectivity index (χ0) is 14.6. The Hall–Kier alpha value is -1.26. The highest BCUT2D eigenvalue weighted by Gasteiger charge is 2.28. The molecule has 0 saturated carbocycles. The van der Waals surface area contributed by atoms with E-state index in [2.05, 4.69) is 17.5 Å². The Bertz CT molecular complexity index is 482. The van der Waals surface area contributed by atoms with Gasteiger partial charge in [0.15, 0.2) is 0 Å². The van der Waals surface area contributed by atoms with Crippen LogP contribution in [0.5, 0.6) is 0 Å². The molecular formula is C9H16N4O4S2. The Morgan fingerprint density at radius 3 is 2.21 bits per heavy atom. The van der Waals surface area contributed by atoms with Crippen molar-refractivity contribution < 1.29 is 18.0 Å². The van der Waals surface area contributed by atoms with Crippen molar-refractivity contribution >= 4 is 39.0 Å². The van der Waals surface area contributed by atoms with Crippen LogP contribution in [0.3, 0.4) is 0 Å². The zero-order valence-corrected chi connectivity index (χ0v) is 12.1. The molecule has 0 radical (unpaired) electrons. The maximum Gasteiger partial charge on any atom is 0.311 e. The summed E-state index contributed by atoms with van der Waals surface area (Å²) in [6, 6.07) is 0. The number of thiocarbonyl (C=S) groups is 1. The van der Waals surface area contributed by atoms with Crippen molar-refractivity contribution in [3.05, 3.63) is 0 Å². The van der Waals surface area contributed by atoms with E-state index in [1.165, 1.54) is 9.21 Å². The molecule has 0 aromatic carbocycles. The molecule has 0 unspecified atom stereocenters. The molecule has 0 aliphatic carbocycles. The average molecular weight is 308 g/mol. The third-order valence-electron chi connectivity index (χ3n) is 2.61. The van der Waals surface area contributed by atoms with Crippen LogP contribution in [-0.2, 0) is 19.6 Å². The summed E-state index contributed by atoms with van der Waals surface area (Å²) in [5.41, 5.74) is 5.20. The van der Waals surface area contributed by atoms with Crippen LogP contribution in [-0.4, -0.2) is 73.4 Å². The fourth-order valence-electron chi connectivity index (χ4n) is 1.61. The van der Waals surface area contributed by atoms with Crippen molar-refractivity contribution in [2.75, 3.05) is 39.0 Å². The Kier molecular flexibility index (Phi) is 5.20. The van der Waals surface area contributed by atoms with Gasteiger partial charge in [0.05, 0.1) is 17.8 Å². The molecule has 3 N–H and O–H groups in total. The van der Waals surface area contributed by atoms with Crippen LogP contribution in [0.25, 0.3) is 0 Å². The minimum Gasteiger partial charge on any atom is -0.392 e. The summed E-state index contributed by atoms with van der Waals surface area (Å²) in [5.74, 6) is -1.50. The molecule has 0 atom stereocenters. The highest BCUT2D eigenvalue weighted by molar-refractivity contribution is 7.88. The number of hydrogen-bond donors (Lipinski definition) is 2. The van der Waals surface area contributed by atoms with E-state index in [-0.39, 0.29) is 37.7 Å². The van der Waals surface area contributed by atoms with Crippen LogP contribution >= 0.6 is 12.2 Å². The molecule has 0 aromatic heterocycles. The summed E-state index contributed by atoms with van der Waals surface area (Å²) in [6.45, 7) is 0.711. The van der Waals surface area contributed by atoms with E-state index in [0.29, 0.717) is 0 Å². The van der Waals surface area contributed by atoms with Gasteiger partial charge in [-0.3, -0.25) is 9.59 Å². The lowest BCUT2D eigenvalue weighted by Crippen LogP contribution is -2.54. The van der Waals surface area contributed by atoms with E-state index in [1.54, 1.807) is 0 Å². The Morgan fingerprint density at radius 1 is 1.26 bits per heavy atom. The maximum atomic E-state index is 11.7. The van der Waals surface area contributed by atoms with E-state index >= 15 is 0 Å². The summed E-state index contributed by atoms with van der Waals surface area (Å²) < 4.78 is 23.8. The topological polar surface area (TPSA) is 113 Å². The number of nitrogens with two attached hydrogens (primary N) is 1. The Labute approximate surface area is 117 Å². The first kappa shape index (κ1) is 15.8. The number of carbonyl (C=O) groups is 2. The number of amides is 2. The first-order valence-electron chi connectivity index (χ1n) is 5.52. The van der Waals surface area contributed by atoms with Gasteiger partial charge in [-0.25, -0.2) is 8.42 Å². The molecule has 1 fully saturated rings. The lowest BCUT2D eigenvalue weighted by Gasteiger charge is -2.32. The summed E-state index contributed by atoms with van der Waals surface area (Å²) in [7, 11) is -3.26. The molecule has 2 amide bonds. The standard InChI is InChI=1S/C9H16N4O4S2/c1-19(16,17)13-4-2-12(3-5-13)9(15)8(14)11-6-7(10)18/h2-6H2,1H3,(H2,10,18)(H,11,14). The predicted octanol–water partition coefficient (Wildman–Crippen LogP) is -2.51. The second kappa shape index (κ2) is 6.26. The van der Waals surface area contributed by atoms with E-state index in [1.807, 2.05) is 0 Å². The second-order valence-corrected chi connectivity index (χ2v) is 6.61. The SMILES string of the molecule is CS(=O)(=O)N1CCN(C(=O)C(=O)NCC(N)=S)CC1. The van der Waals surface area contributed by atoms with Crippen LogP contribution in [0.4, 0.5) is 0 Å². The molecule has 1 rings (SSSR count). The van der Waals surface area contributed by atoms with Crippen LogP contribution < -0.4 is 11.1 Å². The molecule has 1 aliphatic heterocycles. The number of sulfonamides is 1. The van der Waals surface area contributed by atoms with Crippen molar-refractivity contribution in [1.82, 2.24) is 14.5 Å². The smallest absolute Gasteiger partial charge is 0.311 e. The van der Waals surface area contributed by atoms with E-state index in [9.17, 15) is 18.0 Å². The van der Waals surface area contributed by atoms with Gasteiger partial charge in [0.2, 0.25) is 10.0 Å². The fourth-order valence-corrected chi connectivity index (χ4v) is 2.51. The minimum atomic E-state index is -3.26. The largest absolute Gasteiger partial charge is 0.392 e. The molecule has 19 heavy (non-hydrogen) atoms. The van der Waals surface area contributed by atoms with Gasteiger partial charge in [0.1, 0.15) is 0 Å². The van der Waals surface area contributed by atoms with Gasteiger partial charge in [0, 0.05) is 26.2 Å². The van der Waals surface area contributed by atoms with Crippen molar-refractivity contribution in [3.8, 4) is 0 Å². The number of rotatable bonds is 3. The number of hydrogen-bond acceptors (Lipinski definition) is 5. The monoisotopic (exact) mass is 308 g/mol. The lowest BCUT2D eigenvalue weighted by atomic mass is 10.3. The van der Waals surface area contributed by atoms with E-state index < -0.39 is 21.8 Å². The molecule has 0 spiro atoms. The molecule has 1 saturated heterocycles. The van der Waals surface area contributed by atoms with Crippen LogP contribution in [0, 0.1) is 0 Å². The summed E-state index contributed by atoms with van der Waals surface area (Å²) in [5, 5.41) is 2.29. The maximum absolute atomic E-state index is 11.7. The molecule has 10 heteroatoms. The third kappa shape index (κ3) is 4.73. The second-order valence-electron chi connectivity index (χ2n) is 4.10. The first-order chi connectivity index (χ1) is 8.71. The molecule has 1 aliphatic rings. The third-order valence-corrected chi connectivity index (χ3v) is 4.06. The summed E-state index contributed by atoms with van der Waals surface area (Å²) in [4.78, 5) is 24.6. The van der Waals surface area contributed by atoms with Gasteiger partial charge in [0.25, 0.3) is 0 Å². The molecule has 8 nitrogen and oxygen atoms in total. The Balaban J connectivity index is 2.49. The van der Waals surface area contributed by atoms with Crippen molar-refractivity contribution in [3.63, 3.8) is 0 Å². The predicted molar refractivity (Wildman–Crippen MR) is 72.8 cm³/mol. The van der Waals surface area contributed by atoms with Crippen molar-refractivity contribution in [1.29, 1.82) is 0 Å². The highest BCUT2D eigenvalue weighted by Crippen LogP contribution is 2.06. The van der Waals surface area contributed by atoms with Crippen LogP contribution in [0.15, 0.2) is 0 Å². The fraction of sp³-hybridized carbons (Fsp3) is 0.667. The van der Waals surface area contributed by atoms with Gasteiger partial charge in [-0.1, -0.05) is 12.2 Å². The van der Waals surface area contributed by atoms with Crippen molar-refractivity contribution in [2.24, 2.45) is 5.73 Å². The molecule has 0 aromatic rings. The van der Waals surface area contributed by atoms with Gasteiger partial charge >= 0.3 is 11.8 Å². The normalized spacial score (nSPS) is 17.0.